The van der Waals surface area contributed by atoms with E-state index in [-0.39, 0.29) is 58.4 Å². The van der Waals surface area contributed by atoms with Gasteiger partial charge in [0.15, 0.2) is 11.6 Å². The van der Waals surface area contributed by atoms with Gasteiger partial charge in [0.05, 0.1) is 33.0 Å². The zero-order valence-electron chi connectivity index (χ0n) is 24.4. The zero-order chi connectivity index (χ0) is 32.9. The second kappa shape index (κ2) is 12.4. The van der Waals surface area contributed by atoms with Crippen LogP contribution in [0.3, 0.4) is 0 Å². The van der Waals surface area contributed by atoms with Crippen molar-refractivity contribution in [1.82, 2.24) is 14.5 Å². The maximum absolute atomic E-state index is 14.8. The maximum atomic E-state index is 14.8. The third kappa shape index (κ3) is 5.35. The summed E-state index contributed by atoms with van der Waals surface area (Å²) in [5, 5.41) is 19.6. The van der Waals surface area contributed by atoms with Gasteiger partial charge in [0.2, 0.25) is 5.91 Å². The van der Waals surface area contributed by atoms with Crippen molar-refractivity contribution in [2.45, 2.75) is 26.8 Å². The SMILES string of the molecule is C=CC(=O)N1CCN(c2c(C#N)c(=O)n(C3C(C(C)C)=NC=C[C@H]3C)c3nc(-c4c(O)c(Cl)c(F)c(F)c4Cl)c(Cl)cc23)CC1. The number of hydrogen-bond acceptors (Lipinski definition) is 7. The summed E-state index contributed by atoms with van der Waals surface area (Å²) >= 11 is 18.8. The molecule has 1 aromatic carbocycles. The van der Waals surface area contributed by atoms with Crippen LogP contribution in [0.25, 0.3) is 22.3 Å². The molecular weight excluding hydrogens is 649 g/mol. The number of amides is 1. The Labute approximate surface area is 272 Å². The fourth-order valence-electron chi connectivity index (χ4n) is 5.84. The average molecular weight is 676 g/mol. The van der Waals surface area contributed by atoms with Crippen LogP contribution in [0.1, 0.15) is 32.4 Å². The average Bonchev–Trinajstić information content (AvgIpc) is 3.02. The molecule has 5 rings (SSSR count). The number of allylic oxidation sites excluding steroid dienone is 1. The Bertz CT molecular complexity index is 1900. The monoisotopic (exact) mass is 674 g/mol. The Kier molecular flexibility index (Phi) is 8.95. The Hall–Kier alpha value is -3.98. The van der Waals surface area contributed by atoms with Crippen molar-refractivity contribution in [3.05, 3.63) is 73.6 Å². The van der Waals surface area contributed by atoms with E-state index in [0.29, 0.717) is 24.2 Å². The first-order valence-corrected chi connectivity index (χ1v) is 15.1. The molecule has 1 amide bonds. The third-order valence-corrected chi connectivity index (χ3v) is 9.05. The van der Waals surface area contributed by atoms with Crippen LogP contribution in [-0.4, -0.2) is 57.4 Å². The summed E-state index contributed by atoms with van der Waals surface area (Å²) in [6.45, 7) is 10.4. The minimum atomic E-state index is -1.55. The van der Waals surface area contributed by atoms with Gasteiger partial charge in [-0.05, 0) is 18.1 Å². The zero-order valence-corrected chi connectivity index (χ0v) is 26.7. The highest BCUT2D eigenvalue weighted by Gasteiger charge is 2.35. The summed E-state index contributed by atoms with van der Waals surface area (Å²) in [6.07, 6.45) is 4.69. The van der Waals surface area contributed by atoms with Gasteiger partial charge in [-0.15, -0.1) is 0 Å². The molecule has 9 nitrogen and oxygen atoms in total. The van der Waals surface area contributed by atoms with Gasteiger partial charge < -0.3 is 14.9 Å². The molecule has 234 valence electrons. The molecule has 2 aliphatic rings. The summed E-state index contributed by atoms with van der Waals surface area (Å²) in [5.74, 6) is -4.59. The first kappa shape index (κ1) is 32.4. The van der Waals surface area contributed by atoms with Gasteiger partial charge in [-0.25, -0.2) is 13.8 Å². The molecule has 14 heteroatoms. The van der Waals surface area contributed by atoms with E-state index in [2.05, 4.69) is 22.6 Å². The molecule has 1 unspecified atom stereocenters. The van der Waals surface area contributed by atoms with Gasteiger partial charge in [-0.2, -0.15) is 5.26 Å². The third-order valence-electron chi connectivity index (χ3n) is 8.07. The Morgan fingerprint density at radius 2 is 1.82 bits per heavy atom. The van der Waals surface area contributed by atoms with Crippen molar-refractivity contribution in [2.24, 2.45) is 16.8 Å². The van der Waals surface area contributed by atoms with E-state index >= 15 is 0 Å². The fourth-order valence-corrected chi connectivity index (χ4v) is 6.53. The van der Waals surface area contributed by atoms with Gasteiger partial charge in [-0.1, -0.05) is 68.2 Å². The van der Waals surface area contributed by atoms with Crippen LogP contribution in [0.2, 0.25) is 15.1 Å². The molecule has 3 aromatic rings. The Morgan fingerprint density at radius 3 is 2.42 bits per heavy atom. The number of nitriles is 1. The lowest BCUT2D eigenvalue weighted by molar-refractivity contribution is -0.126. The molecule has 0 aliphatic carbocycles. The molecule has 2 atom stereocenters. The number of phenols is 1. The summed E-state index contributed by atoms with van der Waals surface area (Å²) in [4.78, 5) is 39.3. The number of pyridine rings is 2. The van der Waals surface area contributed by atoms with E-state index in [0.717, 1.165) is 0 Å². The molecule has 0 radical (unpaired) electrons. The normalized spacial score (nSPS) is 18.4. The smallest absolute Gasteiger partial charge is 0.272 e. The van der Waals surface area contributed by atoms with Crippen molar-refractivity contribution in [2.75, 3.05) is 31.1 Å². The predicted molar refractivity (Wildman–Crippen MR) is 171 cm³/mol. The van der Waals surface area contributed by atoms with E-state index in [1.54, 1.807) is 16.0 Å². The molecule has 4 heterocycles. The number of aromatic hydroxyl groups is 1. The van der Waals surface area contributed by atoms with Crippen LogP contribution < -0.4 is 10.5 Å². The van der Waals surface area contributed by atoms with E-state index < -0.39 is 44.6 Å². The second-order valence-corrected chi connectivity index (χ2v) is 12.2. The molecule has 0 saturated carbocycles. The number of halogens is 5. The first-order valence-electron chi connectivity index (χ1n) is 14.0. The number of carbonyl (C=O) groups excluding carboxylic acids is 1. The van der Waals surface area contributed by atoms with Gasteiger partial charge >= 0.3 is 0 Å². The highest BCUT2D eigenvalue weighted by atomic mass is 35.5. The van der Waals surface area contributed by atoms with Gasteiger partial charge in [-0.3, -0.25) is 19.1 Å². The highest BCUT2D eigenvalue weighted by molar-refractivity contribution is 6.39. The van der Waals surface area contributed by atoms with Crippen molar-refractivity contribution in [3.8, 4) is 23.1 Å². The number of anilines is 1. The number of benzene rings is 1. The summed E-state index contributed by atoms with van der Waals surface area (Å²) in [6, 6.07) is 2.82. The van der Waals surface area contributed by atoms with Crippen LogP contribution in [0, 0.1) is 34.8 Å². The highest BCUT2D eigenvalue weighted by Crippen LogP contribution is 2.47. The van der Waals surface area contributed by atoms with Crippen LogP contribution in [0.15, 0.2) is 40.8 Å². The minimum absolute atomic E-state index is 0.0369. The lowest BCUT2D eigenvalue weighted by atomic mass is 9.88. The molecule has 1 N–H and O–H groups in total. The Balaban J connectivity index is 1.88. The predicted octanol–water partition coefficient (Wildman–Crippen LogP) is 6.52. The van der Waals surface area contributed by atoms with E-state index in [9.17, 15) is 28.7 Å². The minimum Gasteiger partial charge on any atom is -0.506 e. The topological polar surface area (TPSA) is 115 Å². The molecule has 0 bridgehead atoms. The molecule has 2 aliphatic heterocycles. The van der Waals surface area contributed by atoms with Crippen LogP contribution in [-0.2, 0) is 4.79 Å². The number of aliphatic imine (C=N–C) groups is 1. The van der Waals surface area contributed by atoms with Crippen molar-refractivity contribution in [3.63, 3.8) is 0 Å². The number of nitrogens with zero attached hydrogens (tertiary/aromatic N) is 6. The van der Waals surface area contributed by atoms with E-state index in [1.807, 2.05) is 26.8 Å². The lowest BCUT2D eigenvalue weighted by Crippen LogP contribution is -2.49. The first-order chi connectivity index (χ1) is 21.3. The molecular formula is C31H27Cl3F2N6O3. The van der Waals surface area contributed by atoms with Crippen molar-refractivity contribution < 1.29 is 18.7 Å². The Morgan fingerprint density at radius 1 is 1.18 bits per heavy atom. The van der Waals surface area contributed by atoms with E-state index in [4.69, 9.17) is 34.8 Å². The number of carbonyl (C=O) groups is 1. The fraction of sp³-hybridized carbons (Fsp3) is 0.323. The second-order valence-electron chi connectivity index (χ2n) is 11.1. The van der Waals surface area contributed by atoms with Gasteiger partial charge in [0.1, 0.15) is 28.1 Å². The number of rotatable bonds is 5. The molecule has 0 spiro atoms. The number of hydrogen-bond donors (Lipinski definition) is 1. The summed E-state index contributed by atoms with van der Waals surface area (Å²) in [5.41, 5.74) is -0.627. The van der Waals surface area contributed by atoms with Crippen LogP contribution >= 0.6 is 34.8 Å². The van der Waals surface area contributed by atoms with E-state index in [1.165, 1.54) is 16.7 Å². The number of phenolic OH excluding ortho intramolecular Hbond substituents is 1. The number of piperazine rings is 1. The maximum Gasteiger partial charge on any atom is 0.272 e. The molecule has 2 aromatic heterocycles. The quantitative estimate of drug-likeness (QED) is 0.187. The molecule has 45 heavy (non-hydrogen) atoms. The number of aromatic nitrogens is 2. The van der Waals surface area contributed by atoms with Crippen molar-refractivity contribution >= 4 is 63.1 Å². The largest absolute Gasteiger partial charge is 0.506 e. The van der Waals surface area contributed by atoms with Crippen LogP contribution in [0.5, 0.6) is 5.75 Å². The summed E-state index contributed by atoms with van der Waals surface area (Å²) in [7, 11) is 0. The lowest BCUT2D eigenvalue weighted by Gasteiger charge is -2.37. The van der Waals surface area contributed by atoms with Crippen LogP contribution in [0.4, 0.5) is 14.5 Å². The number of fused-ring (bicyclic) bond motifs is 1. The van der Waals surface area contributed by atoms with Gasteiger partial charge in [0.25, 0.3) is 5.56 Å². The van der Waals surface area contributed by atoms with Crippen molar-refractivity contribution in [1.29, 1.82) is 5.26 Å². The molecule has 1 saturated heterocycles. The molecule has 1 fully saturated rings. The standard InChI is InChI=1S/C31H27Cl3F2N6O3/c1-5-19(43)40-8-10-41(11-9-40)28-16-12-18(32)26(20-21(33)23(35)24(36)22(34)29(20)44)39-30(16)42(31(45)17(28)13-37)27-15(4)6-7-38-25(27)14(2)3/h5-7,12,14-15,27,44H,1,8-11H2,2-4H3/t15-,27?/m1/s1. The summed E-state index contributed by atoms with van der Waals surface area (Å²) < 4.78 is 30.5. The van der Waals surface area contributed by atoms with Gasteiger partial charge in [0, 0.05) is 49.4 Å².